The lowest BCUT2D eigenvalue weighted by Gasteiger charge is -2.27. The predicted molar refractivity (Wildman–Crippen MR) is 107 cm³/mol. The summed E-state index contributed by atoms with van der Waals surface area (Å²) in [6.45, 7) is 3.87. The molecule has 7 heteroatoms. The second-order valence-corrected chi connectivity index (χ2v) is 8.10. The number of piperidine rings is 1. The van der Waals surface area contributed by atoms with E-state index in [1.54, 1.807) is 24.5 Å². The number of benzene rings is 1. The average molecular weight is 382 g/mol. The number of rotatable bonds is 4. The van der Waals surface area contributed by atoms with Crippen LogP contribution in [0.5, 0.6) is 0 Å². The normalized spacial score (nSPS) is 23.3. The number of anilines is 1. The molecule has 2 aliphatic rings. The summed E-state index contributed by atoms with van der Waals surface area (Å²) in [5, 5.41) is 9.07. The molecule has 0 bridgehead atoms. The van der Waals surface area contributed by atoms with Crippen LogP contribution in [0.15, 0.2) is 47.6 Å². The van der Waals surface area contributed by atoms with E-state index in [2.05, 4.69) is 21.4 Å². The maximum Gasteiger partial charge on any atom is 0.346 e. The average Bonchev–Trinajstić information content (AvgIpc) is 3.26. The molecule has 1 N–H and O–H groups in total. The number of hydrazone groups is 1. The molecule has 0 spiro atoms. The molecule has 1 aromatic heterocycles. The molecule has 0 aliphatic carbocycles. The van der Waals surface area contributed by atoms with Gasteiger partial charge in [0.25, 0.3) is 5.91 Å². The number of nitrogens with zero attached hydrogens (tertiary/aromatic N) is 3. The van der Waals surface area contributed by atoms with Crippen LogP contribution in [0.1, 0.15) is 36.6 Å². The molecule has 1 aromatic carbocycles. The van der Waals surface area contributed by atoms with Crippen LogP contribution in [0.4, 0.5) is 9.80 Å². The quantitative estimate of drug-likeness (QED) is 0.650. The van der Waals surface area contributed by atoms with Crippen LogP contribution in [0.3, 0.4) is 0 Å². The van der Waals surface area contributed by atoms with Crippen molar-refractivity contribution < 1.29 is 9.59 Å². The number of amides is 3. The fraction of sp³-hybridized carbons (Fsp3) is 0.350. The zero-order chi connectivity index (χ0) is 18.9. The third-order valence-corrected chi connectivity index (χ3v) is 6.18. The Bertz CT molecular complexity index is 873. The van der Waals surface area contributed by atoms with E-state index < -0.39 is 11.6 Å². The molecular weight excluding hydrogens is 360 g/mol. The standard InChI is InChI=1S/C20H22N4O2S/c1-20(15-8-4-2-5-9-15)18(25)24(19(26)22-20)21-14-16-10-11-17(27-16)23-12-6-3-7-13-23/h2,4-5,8-11,14H,3,6-7,12-13H2,1H3,(H,22,26)/b21-14-/t20-/m1/s1. The fourth-order valence-corrected chi connectivity index (χ4v) is 4.43. The highest BCUT2D eigenvalue weighted by molar-refractivity contribution is 7.17. The van der Waals surface area contributed by atoms with Gasteiger partial charge in [-0.05, 0) is 43.9 Å². The Labute approximate surface area is 162 Å². The number of thiophene rings is 1. The van der Waals surface area contributed by atoms with E-state index in [9.17, 15) is 9.59 Å². The van der Waals surface area contributed by atoms with E-state index in [1.807, 2.05) is 36.4 Å². The van der Waals surface area contributed by atoms with Crippen molar-refractivity contribution in [2.24, 2.45) is 5.10 Å². The molecule has 2 aliphatic heterocycles. The summed E-state index contributed by atoms with van der Waals surface area (Å²) in [5.74, 6) is -0.372. The molecule has 27 heavy (non-hydrogen) atoms. The van der Waals surface area contributed by atoms with Crippen LogP contribution in [0.25, 0.3) is 0 Å². The molecule has 2 aromatic rings. The minimum absolute atomic E-state index is 0.372. The first kappa shape index (κ1) is 17.7. The summed E-state index contributed by atoms with van der Waals surface area (Å²) in [6, 6.07) is 12.8. The highest BCUT2D eigenvalue weighted by Gasteiger charge is 2.49. The van der Waals surface area contributed by atoms with Crippen LogP contribution in [-0.4, -0.2) is 36.3 Å². The van der Waals surface area contributed by atoms with Crippen molar-refractivity contribution in [2.75, 3.05) is 18.0 Å². The van der Waals surface area contributed by atoms with Gasteiger partial charge >= 0.3 is 6.03 Å². The first-order valence-corrected chi connectivity index (χ1v) is 10.0. The molecular formula is C20H22N4O2S. The first-order valence-electron chi connectivity index (χ1n) is 9.19. The third-order valence-electron chi connectivity index (χ3n) is 5.10. The van der Waals surface area contributed by atoms with Gasteiger partial charge in [-0.3, -0.25) is 4.79 Å². The molecule has 140 valence electrons. The van der Waals surface area contributed by atoms with Crippen molar-refractivity contribution in [1.82, 2.24) is 10.3 Å². The summed E-state index contributed by atoms with van der Waals surface area (Å²) in [4.78, 5) is 28.5. The van der Waals surface area contributed by atoms with Gasteiger partial charge in [-0.1, -0.05) is 30.3 Å². The molecule has 0 unspecified atom stereocenters. The van der Waals surface area contributed by atoms with Crippen LogP contribution in [0.2, 0.25) is 0 Å². The van der Waals surface area contributed by atoms with Gasteiger partial charge in [-0.25, -0.2) is 4.79 Å². The monoisotopic (exact) mass is 382 g/mol. The molecule has 3 amide bonds. The summed E-state index contributed by atoms with van der Waals surface area (Å²) >= 11 is 1.63. The Hall–Kier alpha value is -2.67. The molecule has 4 rings (SSSR count). The van der Waals surface area contributed by atoms with Crippen LogP contribution >= 0.6 is 11.3 Å². The Morgan fingerprint density at radius 1 is 1.07 bits per heavy atom. The zero-order valence-electron chi connectivity index (χ0n) is 15.2. The van der Waals surface area contributed by atoms with Gasteiger partial charge in [-0.2, -0.15) is 5.10 Å². The van der Waals surface area contributed by atoms with Gasteiger partial charge in [0.15, 0.2) is 0 Å². The van der Waals surface area contributed by atoms with Crippen LogP contribution in [-0.2, 0) is 10.3 Å². The van der Waals surface area contributed by atoms with Crippen molar-refractivity contribution in [3.63, 3.8) is 0 Å². The number of imide groups is 1. The number of hydrogen-bond acceptors (Lipinski definition) is 5. The Kier molecular flexibility index (Phi) is 4.70. The Morgan fingerprint density at radius 3 is 2.56 bits per heavy atom. The first-order chi connectivity index (χ1) is 13.1. The number of urea groups is 1. The molecule has 0 saturated carbocycles. The van der Waals surface area contributed by atoms with Gasteiger partial charge in [0.05, 0.1) is 11.2 Å². The molecule has 0 radical (unpaired) electrons. The maximum atomic E-state index is 12.8. The zero-order valence-corrected chi connectivity index (χ0v) is 16.0. The Balaban J connectivity index is 1.50. The fourth-order valence-electron chi connectivity index (χ4n) is 3.51. The number of carbonyl (C=O) groups is 2. The smallest absolute Gasteiger partial charge is 0.346 e. The van der Waals surface area contributed by atoms with E-state index in [0.717, 1.165) is 28.5 Å². The summed E-state index contributed by atoms with van der Waals surface area (Å²) in [5.41, 5.74) is -0.353. The van der Waals surface area contributed by atoms with E-state index in [-0.39, 0.29) is 5.91 Å². The lowest BCUT2D eigenvalue weighted by molar-refractivity contribution is -0.131. The SMILES string of the molecule is C[C@]1(c2ccccc2)NC(=O)N(/N=C\c2ccc(N3CCCCC3)s2)C1=O. The lowest BCUT2D eigenvalue weighted by atomic mass is 9.92. The van der Waals surface area contributed by atoms with E-state index in [1.165, 1.54) is 24.3 Å². The minimum atomic E-state index is -1.09. The highest BCUT2D eigenvalue weighted by atomic mass is 32.1. The molecule has 6 nitrogen and oxygen atoms in total. The van der Waals surface area contributed by atoms with Crippen molar-refractivity contribution >= 4 is 34.5 Å². The third kappa shape index (κ3) is 3.35. The summed E-state index contributed by atoms with van der Waals surface area (Å²) in [7, 11) is 0. The topological polar surface area (TPSA) is 65.0 Å². The lowest BCUT2D eigenvalue weighted by Crippen LogP contribution is -2.40. The van der Waals surface area contributed by atoms with Crippen molar-refractivity contribution in [2.45, 2.75) is 31.7 Å². The molecule has 2 fully saturated rings. The maximum absolute atomic E-state index is 12.8. The summed E-state index contributed by atoms with van der Waals surface area (Å²) < 4.78 is 0. The van der Waals surface area contributed by atoms with Gasteiger partial charge < -0.3 is 10.2 Å². The second kappa shape index (κ2) is 7.15. The number of carbonyl (C=O) groups excluding carboxylic acids is 2. The largest absolute Gasteiger partial charge is 0.363 e. The van der Waals surface area contributed by atoms with Gasteiger partial charge in [0.1, 0.15) is 5.54 Å². The summed E-state index contributed by atoms with van der Waals surface area (Å²) in [6.07, 6.45) is 5.33. The van der Waals surface area contributed by atoms with E-state index >= 15 is 0 Å². The van der Waals surface area contributed by atoms with Gasteiger partial charge in [0.2, 0.25) is 0 Å². The van der Waals surface area contributed by atoms with E-state index in [0.29, 0.717) is 0 Å². The van der Waals surface area contributed by atoms with Crippen LogP contribution < -0.4 is 10.2 Å². The minimum Gasteiger partial charge on any atom is -0.363 e. The molecule has 3 heterocycles. The van der Waals surface area contributed by atoms with Gasteiger partial charge in [0, 0.05) is 18.0 Å². The Morgan fingerprint density at radius 2 is 1.81 bits per heavy atom. The molecule has 2 saturated heterocycles. The second-order valence-electron chi connectivity index (χ2n) is 7.01. The van der Waals surface area contributed by atoms with Crippen molar-refractivity contribution in [3.05, 3.63) is 52.9 Å². The van der Waals surface area contributed by atoms with Crippen molar-refractivity contribution in [3.8, 4) is 0 Å². The number of nitrogens with one attached hydrogen (secondary N) is 1. The molecule has 1 atom stereocenters. The van der Waals surface area contributed by atoms with E-state index in [4.69, 9.17) is 0 Å². The highest BCUT2D eigenvalue weighted by Crippen LogP contribution is 2.30. The van der Waals surface area contributed by atoms with Crippen molar-refractivity contribution in [1.29, 1.82) is 0 Å². The van der Waals surface area contributed by atoms with Gasteiger partial charge in [-0.15, -0.1) is 16.3 Å². The van der Waals surface area contributed by atoms with Crippen LogP contribution in [0, 0.1) is 0 Å². The predicted octanol–water partition coefficient (Wildman–Crippen LogP) is 3.54. The number of hydrogen-bond donors (Lipinski definition) is 1.